The predicted molar refractivity (Wildman–Crippen MR) is 102 cm³/mol. The van der Waals surface area contributed by atoms with E-state index in [1.807, 2.05) is 0 Å². The van der Waals surface area contributed by atoms with Gasteiger partial charge in [-0.25, -0.2) is 4.98 Å². The zero-order chi connectivity index (χ0) is 19.8. The van der Waals surface area contributed by atoms with E-state index in [0.29, 0.717) is 5.69 Å². The number of nitrogens with zero attached hydrogens (tertiary/aromatic N) is 2. The second kappa shape index (κ2) is 11.9. The molecule has 0 amide bonds. The Kier molecular flexibility index (Phi) is 11.6. The predicted octanol–water partition coefficient (Wildman–Crippen LogP) is 3.62. The molecule has 0 aromatic carbocycles. The fourth-order valence-corrected chi connectivity index (χ4v) is 4.17. The first-order valence-corrected chi connectivity index (χ1v) is 11.3. The molecule has 8 nitrogen and oxygen atoms in total. The van der Waals surface area contributed by atoms with Crippen LogP contribution in [0.25, 0.3) is 5.32 Å². The summed E-state index contributed by atoms with van der Waals surface area (Å²) in [5, 5.41) is 4.01. The molecule has 155 valence electrons. The van der Waals surface area contributed by atoms with Crippen LogP contribution in [0.5, 0.6) is 0 Å². The molecule has 1 aliphatic heterocycles. The second-order valence-electron chi connectivity index (χ2n) is 5.29. The molecule has 11 heteroatoms. The van der Waals surface area contributed by atoms with Crippen LogP contribution >= 0.6 is 15.2 Å². The molecule has 0 spiro atoms. The Morgan fingerprint density at radius 3 is 2.30 bits per heavy atom. The van der Waals surface area contributed by atoms with Gasteiger partial charge in [0, 0.05) is 28.3 Å². The van der Waals surface area contributed by atoms with Gasteiger partial charge >= 0.3 is 15.2 Å². The number of aromatic nitrogens is 1. The van der Waals surface area contributed by atoms with E-state index in [1.54, 1.807) is 58.1 Å². The van der Waals surface area contributed by atoms with Crippen molar-refractivity contribution >= 4 is 20.6 Å². The van der Waals surface area contributed by atoms with Gasteiger partial charge in [-0.1, -0.05) is 31.2 Å². The Morgan fingerprint density at radius 2 is 1.78 bits per heavy atom. The smallest absolute Gasteiger partial charge is 0.376 e. The molecule has 1 radical (unpaired) electrons. The van der Waals surface area contributed by atoms with Gasteiger partial charge in [0.2, 0.25) is 0 Å². The van der Waals surface area contributed by atoms with Crippen LogP contribution in [-0.4, -0.2) is 33.8 Å². The van der Waals surface area contributed by atoms with Gasteiger partial charge in [-0.05, 0) is 32.9 Å². The summed E-state index contributed by atoms with van der Waals surface area (Å²) in [7, 11) is -7.28. The number of pyridine rings is 1. The van der Waals surface area contributed by atoms with E-state index in [2.05, 4.69) is 10.3 Å². The maximum absolute atomic E-state index is 11.5. The van der Waals surface area contributed by atoms with Crippen LogP contribution in [0.2, 0.25) is 0 Å². The average Bonchev–Trinajstić information content (AvgIpc) is 2.55. The molecule has 0 saturated carbocycles. The van der Waals surface area contributed by atoms with Gasteiger partial charge in [-0.3, -0.25) is 9.13 Å². The van der Waals surface area contributed by atoms with Crippen LogP contribution in [0, 0.1) is 6.92 Å². The molecule has 1 aromatic heterocycles. The van der Waals surface area contributed by atoms with Gasteiger partial charge in [-0.15, -0.1) is 0 Å². The van der Waals surface area contributed by atoms with Crippen molar-refractivity contribution < 1.29 is 44.7 Å². The quantitative estimate of drug-likeness (QED) is 0.620. The Bertz CT molecular complexity index is 756. The Balaban J connectivity index is 0.000000483. The molecule has 0 saturated heterocycles. The van der Waals surface area contributed by atoms with Gasteiger partial charge in [0.05, 0.1) is 13.2 Å². The standard InChI is InChI=1S/C8H13NO3P.C8H12NO3P.Co/c2*1-3-12-13(10,11)8-6-4-5-7(2)9-8;/h4-6,8H,3H2,1-2H3,(H,10,11);4-6H,3H2,1-2H3,(H,10,11);/q-1;;. The first-order chi connectivity index (χ1) is 12.1. The van der Waals surface area contributed by atoms with Crippen molar-refractivity contribution in [3.05, 3.63) is 53.1 Å². The molecule has 2 rings (SSSR count). The fraction of sp³-hybridized carbons (Fsp3) is 0.438. The van der Waals surface area contributed by atoms with Gasteiger partial charge < -0.3 is 24.2 Å². The third-order valence-corrected chi connectivity index (χ3v) is 6.09. The average molecular weight is 462 g/mol. The van der Waals surface area contributed by atoms with Crippen molar-refractivity contribution in [1.29, 1.82) is 0 Å². The van der Waals surface area contributed by atoms with Crippen molar-refractivity contribution in [3.63, 3.8) is 0 Å². The molecule has 1 aromatic rings. The van der Waals surface area contributed by atoms with Crippen LogP contribution in [0.3, 0.4) is 0 Å². The third kappa shape index (κ3) is 8.85. The SMILES string of the molecule is CCOP(=O)(O)C1C=CC=C(C)[N-]1.CCOP(=O)(O)c1cccc(C)n1.[Co]. The topological polar surface area (TPSA) is 120 Å². The largest absolute Gasteiger partial charge is 0.672 e. The minimum absolute atomic E-state index is 0. The Labute approximate surface area is 170 Å². The van der Waals surface area contributed by atoms with E-state index < -0.39 is 21.0 Å². The summed E-state index contributed by atoms with van der Waals surface area (Å²) in [5.74, 6) is -0.738. The maximum atomic E-state index is 11.5. The molecule has 2 N–H and O–H groups in total. The Hall–Kier alpha value is -0.764. The summed E-state index contributed by atoms with van der Waals surface area (Å²) in [6.07, 6.45) is 5.07. The summed E-state index contributed by atoms with van der Waals surface area (Å²) in [6.45, 7) is 7.30. The van der Waals surface area contributed by atoms with Gasteiger partial charge in [0.1, 0.15) is 0 Å². The number of hydrogen-bond donors (Lipinski definition) is 2. The van der Waals surface area contributed by atoms with Crippen LogP contribution in [0.1, 0.15) is 26.5 Å². The Morgan fingerprint density at radius 1 is 1.15 bits per heavy atom. The van der Waals surface area contributed by atoms with Crippen LogP contribution in [0.15, 0.2) is 42.1 Å². The third-order valence-electron chi connectivity index (χ3n) is 3.07. The molecular formula is C16H25CoN2O6P2-. The van der Waals surface area contributed by atoms with Gasteiger partial charge in [0.25, 0.3) is 0 Å². The zero-order valence-corrected chi connectivity index (χ0v) is 18.4. The summed E-state index contributed by atoms with van der Waals surface area (Å²) >= 11 is 0. The molecule has 27 heavy (non-hydrogen) atoms. The summed E-state index contributed by atoms with van der Waals surface area (Å²) in [6, 6.07) is 4.93. The number of hydrogen-bond acceptors (Lipinski definition) is 5. The zero-order valence-electron chi connectivity index (χ0n) is 15.6. The van der Waals surface area contributed by atoms with E-state index in [1.165, 1.54) is 6.07 Å². The number of rotatable bonds is 6. The molecule has 3 unspecified atom stereocenters. The van der Waals surface area contributed by atoms with Crippen LogP contribution in [0.4, 0.5) is 0 Å². The summed E-state index contributed by atoms with van der Waals surface area (Å²) < 4.78 is 32.4. The molecule has 1 aliphatic rings. The normalized spacial score (nSPS) is 19.9. The molecule has 3 atom stereocenters. The van der Waals surface area contributed by atoms with E-state index in [0.717, 1.165) is 5.70 Å². The van der Waals surface area contributed by atoms with E-state index >= 15 is 0 Å². The second-order valence-corrected chi connectivity index (χ2v) is 8.97. The molecule has 0 fully saturated rings. The molecule has 0 bridgehead atoms. The summed E-state index contributed by atoms with van der Waals surface area (Å²) in [4.78, 5) is 22.7. The van der Waals surface area contributed by atoms with Crippen LogP contribution < -0.4 is 5.44 Å². The van der Waals surface area contributed by atoms with E-state index in [9.17, 15) is 18.9 Å². The molecule has 0 aliphatic carbocycles. The maximum Gasteiger partial charge on any atom is 0.376 e. The fourth-order valence-electron chi connectivity index (χ4n) is 1.96. The molecular weight excluding hydrogens is 437 g/mol. The van der Waals surface area contributed by atoms with Crippen molar-refractivity contribution in [2.24, 2.45) is 0 Å². The van der Waals surface area contributed by atoms with Crippen molar-refractivity contribution in [3.8, 4) is 0 Å². The van der Waals surface area contributed by atoms with Crippen molar-refractivity contribution in [2.75, 3.05) is 13.2 Å². The number of allylic oxidation sites excluding steroid dienone is 3. The first-order valence-electron chi connectivity index (χ1n) is 8.07. The molecule has 2 heterocycles. The van der Waals surface area contributed by atoms with E-state index in [4.69, 9.17) is 9.05 Å². The van der Waals surface area contributed by atoms with Crippen molar-refractivity contribution in [1.82, 2.24) is 4.98 Å². The number of aryl methyl sites for hydroxylation is 1. The summed E-state index contributed by atoms with van der Waals surface area (Å²) in [5.41, 5.74) is 1.54. The first kappa shape index (κ1) is 26.2. The van der Waals surface area contributed by atoms with Crippen molar-refractivity contribution in [2.45, 2.75) is 33.5 Å². The van der Waals surface area contributed by atoms with E-state index in [-0.39, 0.29) is 35.4 Å². The van der Waals surface area contributed by atoms with Gasteiger partial charge in [-0.2, -0.15) is 5.70 Å². The minimum atomic E-state index is -3.68. The monoisotopic (exact) mass is 462 g/mol. The van der Waals surface area contributed by atoms with Crippen LogP contribution in [-0.2, 0) is 35.0 Å². The minimum Gasteiger partial charge on any atom is -0.672 e. The van der Waals surface area contributed by atoms with Gasteiger partial charge in [0.15, 0.2) is 5.44 Å².